The number of nitrogens with zero attached hydrogens (tertiary/aromatic N) is 1. The molecular formula is C14H10Cl2F3NO. The summed E-state index contributed by atoms with van der Waals surface area (Å²) in [7, 11) is 0. The Morgan fingerprint density at radius 3 is 2.43 bits per heavy atom. The molecule has 2 rings (SSSR count). The fourth-order valence-electron chi connectivity index (χ4n) is 1.64. The zero-order valence-corrected chi connectivity index (χ0v) is 11.5. The Kier molecular flexibility index (Phi) is 2.52. The highest BCUT2D eigenvalue weighted by Crippen LogP contribution is 2.34. The van der Waals surface area contributed by atoms with Crippen LogP contribution < -0.4 is 0 Å². The van der Waals surface area contributed by atoms with Gasteiger partial charge < -0.3 is 5.11 Å². The summed E-state index contributed by atoms with van der Waals surface area (Å²) < 4.78 is 86.7. The number of benzene rings is 1. The number of rotatable bonds is 2. The van der Waals surface area contributed by atoms with Crippen LogP contribution in [0.25, 0.3) is 11.3 Å². The maximum absolute atomic E-state index is 15.0. The van der Waals surface area contributed by atoms with Gasteiger partial charge in [-0.3, -0.25) is 0 Å². The first-order chi connectivity index (χ1) is 12.1. The van der Waals surface area contributed by atoms with Gasteiger partial charge in [-0.05, 0) is 25.8 Å². The Balaban J connectivity index is 2.90. The quantitative estimate of drug-likeness (QED) is 0.634. The molecule has 0 aliphatic carbocycles. The molecule has 1 N–H and O–H groups in total. The Bertz CT molecular complexity index is 890. The predicted molar refractivity (Wildman–Crippen MR) is 74.8 cm³/mol. The molecular weight excluding hydrogens is 326 g/mol. The zero-order valence-electron chi connectivity index (χ0n) is 16.0. The van der Waals surface area contributed by atoms with Crippen LogP contribution in [0.5, 0.6) is 0 Å². The number of aromatic nitrogens is 1. The van der Waals surface area contributed by atoms with E-state index in [9.17, 15) is 13.9 Å². The summed E-state index contributed by atoms with van der Waals surface area (Å²) in [6, 6.07) is 1.52. The number of pyridine rings is 1. The molecule has 2 nitrogen and oxygen atoms in total. The predicted octanol–water partition coefficient (Wildman–Crippen LogP) is 4.70. The Morgan fingerprint density at radius 2 is 1.81 bits per heavy atom. The van der Waals surface area contributed by atoms with Crippen molar-refractivity contribution in [2.24, 2.45) is 0 Å². The lowest BCUT2D eigenvalue weighted by atomic mass is 9.96. The molecule has 0 aliphatic heterocycles. The van der Waals surface area contributed by atoms with Crippen LogP contribution in [0.4, 0.5) is 13.2 Å². The molecule has 2 aromatic rings. The highest BCUT2D eigenvalue weighted by molar-refractivity contribution is 6.31. The second kappa shape index (κ2) is 5.48. The Morgan fingerprint density at radius 1 is 1.14 bits per heavy atom. The molecule has 0 bridgehead atoms. The topological polar surface area (TPSA) is 33.1 Å². The van der Waals surface area contributed by atoms with Crippen LogP contribution in [0, 0.1) is 17.5 Å². The van der Waals surface area contributed by atoms with Gasteiger partial charge in [-0.1, -0.05) is 23.2 Å². The molecule has 0 spiro atoms. The average Bonchev–Trinajstić information content (AvgIpc) is 2.50. The first-order valence-electron chi connectivity index (χ1n) is 8.35. The van der Waals surface area contributed by atoms with Crippen LogP contribution in [-0.4, -0.2) is 10.1 Å². The van der Waals surface area contributed by atoms with Crippen LogP contribution in [0.1, 0.15) is 27.5 Å². The first-order valence-corrected chi connectivity index (χ1v) is 6.10. The van der Waals surface area contributed by atoms with Gasteiger partial charge in [0.2, 0.25) is 0 Å². The van der Waals surface area contributed by atoms with E-state index in [1.54, 1.807) is 0 Å². The number of hydrogen-bond donors (Lipinski definition) is 1. The van der Waals surface area contributed by atoms with Gasteiger partial charge in [-0.2, -0.15) is 0 Å². The van der Waals surface area contributed by atoms with E-state index in [4.69, 9.17) is 31.4 Å². The normalized spacial score (nSPS) is 17.2. The van der Waals surface area contributed by atoms with Crippen molar-refractivity contribution < 1.29 is 26.5 Å². The highest BCUT2D eigenvalue weighted by atomic mass is 35.5. The van der Waals surface area contributed by atoms with Gasteiger partial charge in [0.05, 0.1) is 10.6 Å². The van der Waals surface area contributed by atoms with E-state index >= 15 is 4.39 Å². The lowest BCUT2D eigenvalue weighted by molar-refractivity contribution is 0.0745. The summed E-state index contributed by atoms with van der Waals surface area (Å²) >= 11 is 11.3. The SMILES string of the molecule is [2H]C([2H])([2H])C(O)(c1cc(Cl)nc(-c2cc(Cl)c(F)cc2F)c1F)C([2H])([2H])[2H]. The molecule has 0 aliphatic rings. The molecule has 21 heavy (non-hydrogen) atoms. The van der Waals surface area contributed by atoms with Gasteiger partial charge in [0.1, 0.15) is 22.5 Å². The average molecular weight is 342 g/mol. The third kappa shape index (κ3) is 3.15. The lowest BCUT2D eigenvalue weighted by Gasteiger charge is -2.20. The van der Waals surface area contributed by atoms with Crippen LogP contribution in [0.15, 0.2) is 18.2 Å². The largest absolute Gasteiger partial charge is 0.386 e. The van der Waals surface area contributed by atoms with Crippen molar-refractivity contribution >= 4 is 23.2 Å². The van der Waals surface area contributed by atoms with Crippen molar-refractivity contribution in [2.75, 3.05) is 0 Å². The summed E-state index contributed by atoms with van der Waals surface area (Å²) in [5, 5.41) is 9.24. The van der Waals surface area contributed by atoms with Crippen molar-refractivity contribution in [3.05, 3.63) is 51.4 Å². The summed E-state index contributed by atoms with van der Waals surface area (Å²) in [5.41, 5.74) is -6.56. The van der Waals surface area contributed by atoms with Crippen LogP contribution in [-0.2, 0) is 5.60 Å². The summed E-state index contributed by atoms with van der Waals surface area (Å²) in [6.07, 6.45) is 0. The van der Waals surface area contributed by atoms with Crippen LogP contribution >= 0.6 is 23.2 Å². The molecule has 112 valence electrons. The molecule has 0 saturated heterocycles. The molecule has 7 heteroatoms. The number of halogens is 5. The number of hydrogen-bond acceptors (Lipinski definition) is 2. The molecule has 0 atom stereocenters. The molecule has 0 saturated carbocycles. The molecule has 0 amide bonds. The summed E-state index contributed by atoms with van der Waals surface area (Å²) in [5.74, 6) is -4.12. The Hall–Kier alpha value is -1.30. The van der Waals surface area contributed by atoms with E-state index < -0.39 is 63.8 Å². The minimum atomic E-state index is -3.67. The van der Waals surface area contributed by atoms with Gasteiger partial charge in [0, 0.05) is 25.4 Å². The third-order valence-corrected chi connectivity index (χ3v) is 3.06. The van der Waals surface area contributed by atoms with Gasteiger partial charge in [-0.15, -0.1) is 0 Å². The van der Waals surface area contributed by atoms with E-state index in [1.165, 1.54) is 0 Å². The maximum atomic E-state index is 15.0. The van der Waals surface area contributed by atoms with Crippen molar-refractivity contribution in [3.63, 3.8) is 0 Å². The van der Waals surface area contributed by atoms with Gasteiger partial charge in [-0.25, -0.2) is 18.2 Å². The molecule has 1 aromatic heterocycles. The Labute approximate surface area is 137 Å². The van der Waals surface area contributed by atoms with E-state index in [-0.39, 0.29) is 0 Å². The summed E-state index contributed by atoms with van der Waals surface area (Å²) in [4.78, 5) is 3.50. The number of aliphatic hydroxyl groups is 1. The van der Waals surface area contributed by atoms with Crippen molar-refractivity contribution in [2.45, 2.75) is 19.3 Å². The third-order valence-electron chi connectivity index (χ3n) is 2.58. The molecule has 1 heterocycles. The smallest absolute Gasteiger partial charge is 0.155 e. The van der Waals surface area contributed by atoms with Crippen LogP contribution in [0.3, 0.4) is 0 Å². The minimum Gasteiger partial charge on any atom is -0.386 e. The fraction of sp³-hybridized carbons (Fsp3) is 0.214. The first kappa shape index (κ1) is 9.66. The van der Waals surface area contributed by atoms with Gasteiger partial charge >= 0.3 is 0 Å². The van der Waals surface area contributed by atoms with E-state index in [2.05, 4.69) is 4.98 Å². The second-order valence-electron chi connectivity index (χ2n) is 4.11. The highest BCUT2D eigenvalue weighted by Gasteiger charge is 2.26. The molecule has 0 fully saturated rings. The van der Waals surface area contributed by atoms with Crippen LogP contribution in [0.2, 0.25) is 10.2 Å². The van der Waals surface area contributed by atoms with E-state index in [1.807, 2.05) is 0 Å². The maximum Gasteiger partial charge on any atom is 0.155 e. The molecule has 0 unspecified atom stereocenters. The van der Waals surface area contributed by atoms with Gasteiger partial charge in [0.15, 0.2) is 5.82 Å². The second-order valence-corrected chi connectivity index (χ2v) is 4.91. The fourth-order valence-corrected chi connectivity index (χ4v) is 2.00. The lowest BCUT2D eigenvalue weighted by Crippen LogP contribution is -2.18. The van der Waals surface area contributed by atoms with Crippen molar-refractivity contribution in [1.82, 2.24) is 4.98 Å². The standard InChI is InChI=1S/C14H10Cl2F3NO/c1-14(2,21)7-4-11(16)20-13(12(7)19)6-3-8(15)10(18)5-9(6)17/h3-5,21H,1-2H3/i1D3,2D3. The van der Waals surface area contributed by atoms with E-state index in [0.717, 1.165) is 0 Å². The van der Waals surface area contributed by atoms with E-state index in [0.29, 0.717) is 18.2 Å². The molecule has 1 aromatic carbocycles. The van der Waals surface area contributed by atoms with Crippen molar-refractivity contribution in [3.8, 4) is 11.3 Å². The monoisotopic (exact) mass is 341 g/mol. The van der Waals surface area contributed by atoms with Gasteiger partial charge in [0.25, 0.3) is 0 Å². The molecule has 0 radical (unpaired) electrons. The summed E-state index contributed by atoms with van der Waals surface area (Å²) in [6.45, 7) is -7.22. The zero-order chi connectivity index (χ0) is 20.9. The van der Waals surface area contributed by atoms with Crippen molar-refractivity contribution in [1.29, 1.82) is 0 Å². The minimum absolute atomic E-state index is 0.332.